The van der Waals surface area contributed by atoms with Crippen molar-refractivity contribution in [1.82, 2.24) is 19.9 Å². The van der Waals surface area contributed by atoms with Gasteiger partial charge in [0, 0.05) is 30.8 Å². The summed E-state index contributed by atoms with van der Waals surface area (Å²) in [5, 5.41) is 3.05. The second-order valence-electron chi connectivity index (χ2n) is 7.37. The number of rotatable bonds is 6. The molecule has 1 atom stereocenters. The van der Waals surface area contributed by atoms with Crippen LogP contribution in [0.25, 0.3) is 0 Å². The van der Waals surface area contributed by atoms with E-state index in [1.807, 2.05) is 43.3 Å². The number of piperidine rings is 1. The maximum atomic E-state index is 13.0. The van der Waals surface area contributed by atoms with E-state index in [4.69, 9.17) is 4.74 Å². The highest BCUT2D eigenvalue weighted by molar-refractivity contribution is 5.94. The van der Waals surface area contributed by atoms with Crippen molar-refractivity contribution in [1.29, 1.82) is 0 Å². The highest BCUT2D eigenvalue weighted by Gasteiger charge is 2.29. The van der Waals surface area contributed by atoms with Gasteiger partial charge < -0.3 is 10.1 Å². The number of hydrogen-bond donors (Lipinski definition) is 1. The molecule has 1 aliphatic heterocycles. The number of hydrogen-bond acceptors (Lipinski definition) is 6. The molecule has 1 fully saturated rings. The van der Waals surface area contributed by atoms with E-state index in [2.05, 4.69) is 25.2 Å². The van der Waals surface area contributed by atoms with Crippen molar-refractivity contribution in [3.63, 3.8) is 0 Å². The van der Waals surface area contributed by atoms with Crippen LogP contribution in [0.1, 0.15) is 30.7 Å². The average Bonchev–Trinajstić information content (AvgIpc) is 2.78. The number of benzene rings is 1. The third-order valence-corrected chi connectivity index (χ3v) is 5.24. The summed E-state index contributed by atoms with van der Waals surface area (Å²) in [7, 11) is 0. The summed E-state index contributed by atoms with van der Waals surface area (Å²) in [6.07, 6.45) is 9.73. The zero-order chi connectivity index (χ0) is 20.8. The van der Waals surface area contributed by atoms with Gasteiger partial charge in [0.15, 0.2) is 0 Å². The van der Waals surface area contributed by atoms with Crippen LogP contribution in [0.5, 0.6) is 11.5 Å². The van der Waals surface area contributed by atoms with E-state index in [9.17, 15) is 4.79 Å². The lowest BCUT2D eigenvalue weighted by atomic mass is 10.0. The molecule has 3 heterocycles. The first-order valence-electron chi connectivity index (χ1n) is 10.2. The van der Waals surface area contributed by atoms with E-state index in [0.29, 0.717) is 18.0 Å². The van der Waals surface area contributed by atoms with Gasteiger partial charge in [0.2, 0.25) is 5.91 Å². The predicted octanol–water partition coefficient (Wildman–Crippen LogP) is 3.97. The molecule has 7 heteroatoms. The van der Waals surface area contributed by atoms with Gasteiger partial charge >= 0.3 is 0 Å². The minimum absolute atomic E-state index is 0.0113. The van der Waals surface area contributed by atoms with Gasteiger partial charge in [-0.05, 0) is 62.7 Å². The van der Waals surface area contributed by atoms with Crippen LogP contribution in [-0.4, -0.2) is 38.3 Å². The average molecular weight is 403 g/mol. The molecule has 4 rings (SSSR count). The van der Waals surface area contributed by atoms with Crippen molar-refractivity contribution in [2.45, 2.75) is 38.8 Å². The molecule has 154 valence electrons. The van der Waals surface area contributed by atoms with Crippen LogP contribution in [0, 0.1) is 6.92 Å². The third-order valence-electron chi connectivity index (χ3n) is 5.24. The molecule has 7 nitrogen and oxygen atoms in total. The first kappa shape index (κ1) is 20.0. The molecular weight excluding hydrogens is 378 g/mol. The Morgan fingerprint density at radius 2 is 1.93 bits per heavy atom. The van der Waals surface area contributed by atoms with Crippen molar-refractivity contribution >= 4 is 11.6 Å². The van der Waals surface area contributed by atoms with Crippen LogP contribution in [0.3, 0.4) is 0 Å². The summed E-state index contributed by atoms with van der Waals surface area (Å²) in [6.45, 7) is 3.47. The molecule has 3 aromatic rings. The van der Waals surface area contributed by atoms with Crippen LogP contribution in [0.4, 0.5) is 5.69 Å². The van der Waals surface area contributed by atoms with Crippen molar-refractivity contribution in [2.75, 3.05) is 11.9 Å². The van der Waals surface area contributed by atoms with Crippen LogP contribution in [0.2, 0.25) is 0 Å². The number of amides is 1. The molecule has 0 saturated carbocycles. The molecule has 1 aromatic carbocycles. The number of nitrogens with one attached hydrogen (secondary N) is 1. The molecule has 1 N–H and O–H groups in total. The Bertz CT molecular complexity index is 978. The van der Waals surface area contributed by atoms with E-state index in [0.717, 1.165) is 42.9 Å². The second kappa shape index (κ2) is 9.45. The second-order valence-corrected chi connectivity index (χ2v) is 7.37. The maximum absolute atomic E-state index is 13.0. The molecule has 2 aromatic heterocycles. The summed E-state index contributed by atoms with van der Waals surface area (Å²) in [4.78, 5) is 28.0. The molecule has 1 amide bonds. The standard InChI is InChI=1S/C23H25N5O2/c1-17-21(26-13-12-25-17)16-28-14-3-2-6-22(28)23(29)27-18-7-9-19(10-8-18)30-20-5-4-11-24-15-20/h4-5,7-13,15,22H,2-3,6,14,16H2,1H3,(H,27,29)/t22-/m1/s1. The van der Waals surface area contributed by atoms with Crippen LogP contribution in [-0.2, 0) is 11.3 Å². The Balaban J connectivity index is 1.39. The van der Waals surface area contributed by atoms with Crippen molar-refractivity contribution in [3.8, 4) is 11.5 Å². The number of carbonyl (C=O) groups excluding carboxylic acids is 1. The normalized spacial score (nSPS) is 16.8. The number of nitrogens with zero attached hydrogens (tertiary/aromatic N) is 4. The Hall–Kier alpha value is -3.32. The number of likely N-dealkylation sites (tertiary alicyclic amines) is 1. The molecule has 0 aliphatic carbocycles. The molecular formula is C23H25N5O2. The largest absolute Gasteiger partial charge is 0.456 e. The maximum Gasteiger partial charge on any atom is 0.241 e. The lowest BCUT2D eigenvalue weighted by molar-refractivity contribution is -0.122. The van der Waals surface area contributed by atoms with Gasteiger partial charge in [-0.2, -0.15) is 0 Å². The van der Waals surface area contributed by atoms with E-state index < -0.39 is 0 Å². The fourth-order valence-electron chi connectivity index (χ4n) is 3.64. The molecule has 0 bridgehead atoms. The fourth-order valence-corrected chi connectivity index (χ4v) is 3.64. The highest BCUT2D eigenvalue weighted by Crippen LogP contribution is 2.24. The number of ether oxygens (including phenoxy) is 1. The van der Waals surface area contributed by atoms with Gasteiger partial charge in [0.05, 0.1) is 23.6 Å². The van der Waals surface area contributed by atoms with Gasteiger partial charge in [-0.25, -0.2) is 0 Å². The molecule has 1 saturated heterocycles. The number of aromatic nitrogens is 3. The highest BCUT2D eigenvalue weighted by atomic mass is 16.5. The molecule has 1 aliphatic rings. The Morgan fingerprint density at radius 1 is 1.10 bits per heavy atom. The summed E-state index contributed by atoms with van der Waals surface area (Å²) < 4.78 is 5.75. The van der Waals surface area contributed by atoms with Gasteiger partial charge in [0.1, 0.15) is 11.5 Å². The third kappa shape index (κ3) is 4.99. The van der Waals surface area contributed by atoms with Crippen molar-refractivity contribution in [3.05, 3.63) is 72.6 Å². The summed E-state index contributed by atoms with van der Waals surface area (Å²) in [5.74, 6) is 1.38. The fraction of sp³-hybridized carbons (Fsp3) is 0.304. The van der Waals surface area contributed by atoms with Crippen LogP contribution >= 0.6 is 0 Å². The SMILES string of the molecule is Cc1nccnc1CN1CCCC[C@@H]1C(=O)Nc1ccc(Oc2cccnc2)cc1. The molecule has 0 spiro atoms. The van der Waals surface area contributed by atoms with E-state index in [-0.39, 0.29) is 11.9 Å². The first-order valence-corrected chi connectivity index (χ1v) is 10.2. The monoisotopic (exact) mass is 403 g/mol. The minimum atomic E-state index is -0.175. The molecule has 0 unspecified atom stereocenters. The van der Waals surface area contributed by atoms with Crippen molar-refractivity contribution < 1.29 is 9.53 Å². The van der Waals surface area contributed by atoms with Gasteiger partial charge in [-0.3, -0.25) is 24.6 Å². The smallest absolute Gasteiger partial charge is 0.241 e. The summed E-state index contributed by atoms with van der Waals surface area (Å²) in [5.41, 5.74) is 2.58. The van der Waals surface area contributed by atoms with Gasteiger partial charge in [-0.15, -0.1) is 0 Å². The molecule has 30 heavy (non-hydrogen) atoms. The van der Waals surface area contributed by atoms with E-state index in [1.165, 1.54) is 0 Å². The zero-order valence-corrected chi connectivity index (χ0v) is 17.0. The Morgan fingerprint density at radius 3 is 2.70 bits per heavy atom. The minimum Gasteiger partial charge on any atom is -0.456 e. The summed E-state index contributed by atoms with van der Waals surface area (Å²) >= 11 is 0. The van der Waals surface area contributed by atoms with E-state index in [1.54, 1.807) is 24.8 Å². The van der Waals surface area contributed by atoms with Gasteiger partial charge in [0.25, 0.3) is 0 Å². The van der Waals surface area contributed by atoms with E-state index >= 15 is 0 Å². The predicted molar refractivity (Wildman–Crippen MR) is 114 cm³/mol. The zero-order valence-electron chi connectivity index (χ0n) is 17.0. The number of carbonyl (C=O) groups is 1. The first-order chi connectivity index (χ1) is 14.7. The number of anilines is 1. The number of aryl methyl sites for hydroxylation is 1. The number of pyridine rings is 1. The van der Waals surface area contributed by atoms with Crippen LogP contribution in [0.15, 0.2) is 61.2 Å². The topological polar surface area (TPSA) is 80.2 Å². The molecule has 0 radical (unpaired) electrons. The van der Waals surface area contributed by atoms with Gasteiger partial charge in [-0.1, -0.05) is 6.42 Å². The Kier molecular flexibility index (Phi) is 6.29. The summed E-state index contributed by atoms with van der Waals surface area (Å²) in [6, 6.07) is 10.9. The quantitative estimate of drug-likeness (QED) is 0.671. The van der Waals surface area contributed by atoms with Crippen molar-refractivity contribution in [2.24, 2.45) is 0 Å². The van der Waals surface area contributed by atoms with Crippen LogP contribution < -0.4 is 10.1 Å². The lowest BCUT2D eigenvalue weighted by Crippen LogP contribution is -2.46. The lowest BCUT2D eigenvalue weighted by Gasteiger charge is -2.34. The Labute approximate surface area is 176 Å².